The van der Waals surface area contributed by atoms with Crippen molar-refractivity contribution >= 4 is 5.91 Å². The van der Waals surface area contributed by atoms with Crippen LogP contribution in [-0.2, 0) is 4.79 Å². The van der Waals surface area contributed by atoms with Crippen LogP contribution in [0.15, 0.2) is 0 Å². The summed E-state index contributed by atoms with van der Waals surface area (Å²) in [7, 11) is 0. The molecule has 0 bridgehead atoms. The summed E-state index contributed by atoms with van der Waals surface area (Å²) in [6.07, 6.45) is 6.16. The quantitative estimate of drug-likeness (QED) is 0.703. The van der Waals surface area contributed by atoms with Gasteiger partial charge in [-0.2, -0.15) is 0 Å². The minimum absolute atomic E-state index is 0.141. The van der Waals surface area contributed by atoms with Crippen molar-refractivity contribution in [3.8, 4) is 0 Å². The molecule has 2 N–H and O–H groups in total. The fourth-order valence-electron chi connectivity index (χ4n) is 1.93. The Labute approximate surface area is 93.0 Å². The van der Waals surface area contributed by atoms with Crippen LogP contribution in [0, 0.1) is 5.92 Å². The fourth-order valence-corrected chi connectivity index (χ4v) is 1.93. The summed E-state index contributed by atoms with van der Waals surface area (Å²) in [5, 5.41) is 6.24. The van der Waals surface area contributed by atoms with Crippen molar-refractivity contribution < 1.29 is 4.79 Å². The van der Waals surface area contributed by atoms with E-state index >= 15 is 0 Å². The summed E-state index contributed by atoms with van der Waals surface area (Å²) in [4.78, 5) is 11.4. The first-order valence-electron chi connectivity index (χ1n) is 6.18. The van der Waals surface area contributed by atoms with Crippen LogP contribution in [0.3, 0.4) is 0 Å². The van der Waals surface area contributed by atoms with E-state index in [0.717, 1.165) is 13.0 Å². The van der Waals surface area contributed by atoms with Gasteiger partial charge in [0.15, 0.2) is 0 Å². The van der Waals surface area contributed by atoms with Gasteiger partial charge in [0.1, 0.15) is 0 Å². The van der Waals surface area contributed by atoms with Gasteiger partial charge in [0.2, 0.25) is 5.91 Å². The molecule has 3 nitrogen and oxygen atoms in total. The lowest BCUT2D eigenvalue weighted by atomic mass is 10.1. The van der Waals surface area contributed by atoms with Gasteiger partial charge in [-0.25, -0.2) is 0 Å². The molecule has 1 aliphatic carbocycles. The van der Waals surface area contributed by atoms with Crippen molar-refractivity contribution in [2.24, 2.45) is 5.92 Å². The van der Waals surface area contributed by atoms with Crippen LogP contribution in [0.4, 0.5) is 0 Å². The number of hydrogen-bond donors (Lipinski definition) is 2. The normalized spacial score (nSPS) is 17.3. The highest BCUT2D eigenvalue weighted by Gasteiger charge is 2.14. The molecule has 0 aliphatic heterocycles. The Morgan fingerprint density at radius 1 is 1.33 bits per heavy atom. The van der Waals surface area contributed by atoms with Crippen molar-refractivity contribution in [2.75, 3.05) is 13.1 Å². The summed E-state index contributed by atoms with van der Waals surface area (Å²) in [6.45, 7) is 5.64. The zero-order chi connectivity index (χ0) is 11.1. The Kier molecular flexibility index (Phi) is 5.69. The molecule has 0 atom stereocenters. The van der Waals surface area contributed by atoms with Gasteiger partial charge in [0.25, 0.3) is 0 Å². The van der Waals surface area contributed by atoms with Crippen molar-refractivity contribution in [2.45, 2.75) is 52.0 Å². The van der Waals surface area contributed by atoms with Crippen molar-refractivity contribution in [3.05, 3.63) is 0 Å². The molecule has 3 heteroatoms. The Morgan fingerprint density at radius 2 is 2.00 bits per heavy atom. The van der Waals surface area contributed by atoms with Crippen LogP contribution in [0.2, 0.25) is 0 Å². The minimum Gasteiger partial charge on any atom is -0.355 e. The molecule has 1 amide bonds. The van der Waals surface area contributed by atoms with Gasteiger partial charge in [-0.3, -0.25) is 4.79 Å². The molecule has 0 aromatic heterocycles. The fraction of sp³-hybridized carbons (Fsp3) is 0.917. The lowest BCUT2D eigenvalue weighted by molar-refractivity contribution is -0.120. The van der Waals surface area contributed by atoms with Gasteiger partial charge >= 0.3 is 0 Å². The second kappa shape index (κ2) is 6.83. The molecule has 0 aromatic rings. The van der Waals surface area contributed by atoms with Crippen LogP contribution in [0.25, 0.3) is 0 Å². The van der Waals surface area contributed by atoms with Crippen molar-refractivity contribution in [1.29, 1.82) is 0 Å². The van der Waals surface area contributed by atoms with E-state index in [2.05, 4.69) is 24.5 Å². The molecule has 1 fully saturated rings. The molecule has 0 radical (unpaired) electrons. The Morgan fingerprint density at radius 3 is 2.60 bits per heavy atom. The average Bonchev–Trinajstić information content (AvgIpc) is 2.66. The molecular formula is C12H24N2O. The maximum absolute atomic E-state index is 11.4. The largest absolute Gasteiger partial charge is 0.355 e. The molecule has 15 heavy (non-hydrogen) atoms. The SMILES string of the molecule is CC(C)CCNC(=O)CNC1CCCC1. The van der Waals surface area contributed by atoms with Gasteiger partial charge in [-0.05, 0) is 25.2 Å². The van der Waals surface area contributed by atoms with E-state index in [1.54, 1.807) is 0 Å². The number of carbonyl (C=O) groups excluding carboxylic acids is 1. The highest BCUT2D eigenvalue weighted by atomic mass is 16.1. The number of nitrogens with one attached hydrogen (secondary N) is 2. The summed E-state index contributed by atoms with van der Waals surface area (Å²) < 4.78 is 0. The molecule has 88 valence electrons. The van der Waals surface area contributed by atoms with Gasteiger partial charge in [-0.1, -0.05) is 26.7 Å². The lowest BCUT2D eigenvalue weighted by Gasteiger charge is -2.12. The van der Waals surface area contributed by atoms with E-state index < -0.39 is 0 Å². The summed E-state index contributed by atoms with van der Waals surface area (Å²) >= 11 is 0. The third kappa shape index (κ3) is 5.78. The highest BCUT2D eigenvalue weighted by Crippen LogP contribution is 2.17. The van der Waals surface area contributed by atoms with Crippen molar-refractivity contribution in [3.63, 3.8) is 0 Å². The number of rotatable bonds is 6. The smallest absolute Gasteiger partial charge is 0.233 e. The molecule has 0 aromatic carbocycles. The Hall–Kier alpha value is -0.570. The molecule has 1 saturated carbocycles. The summed E-state index contributed by atoms with van der Waals surface area (Å²) in [5.74, 6) is 0.802. The lowest BCUT2D eigenvalue weighted by Crippen LogP contribution is -2.38. The molecule has 1 aliphatic rings. The first kappa shape index (κ1) is 12.5. The van der Waals surface area contributed by atoms with E-state index in [9.17, 15) is 4.79 Å². The third-order valence-electron chi connectivity index (χ3n) is 2.95. The standard InChI is InChI=1S/C12H24N2O/c1-10(2)7-8-13-12(15)9-14-11-5-3-4-6-11/h10-11,14H,3-9H2,1-2H3,(H,13,15). The first-order chi connectivity index (χ1) is 7.18. The predicted octanol–water partition coefficient (Wildman–Crippen LogP) is 1.68. The minimum atomic E-state index is 0.141. The van der Waals surface area contributed by atoms with Gasteiger partial charge in [-0.15, -0.1) is 0 Å². The number of hydrogen-bond acceptors (Lipinski definition) is 2. The zero-order valence-corrected chi connectivity index (χ0v) is 10.0. The summed E-state index contributed by atoms with van der Waals surface area (Å²) in [5.41, 5.74) is 0. The van der Waals surface area contributed by atoms with Crippen LogP contribution in [0.1, 0.15) is 46.0 Å². The van der Waals surface area contributed by atoms with E-state index in [4.69, 9.17) is 0 Å². The first-order valence-corrected chi connectivity index (χ1v) is 6.18. The van der Waals surface area contributed by atoms with Crippen LogP contribution < -0.4 is 10.6 Å². The van der Waals surface area contributed by atoms with Crippen molar-refractivity contribution in [1.82, 2.24) is 10.6 Å². The molecule has 0 heterocycles. The summed E-state index contributed by atoms with van der Waals surface area (Å²) in [6, 6.07) is 0.584. The number of carbonyl (C=O) groups is 1. The molecule has 0 spiro atoms. The average molecular weight is 212 g/mol. The van der Waals surface area contributed by atoms with Gasteiger partial charge < -0.3 is 10.6 Å². The second-order valence-electron chi connectivity index (χ2n) is 4.89. The maximum Gasteiger partial charge on any atom is 0.233 e. The molecule has 0 saturated heterocycles. The second-order valence-corrected chi connectivity index (χ2v) is 4.89. The van der Waals surface area contributed by atoms with Gasteiger partial charge in [0, 0.05) is 12.6 Å². The Balaban J connectivity index is 1.98. The predicted molar refractivity (Wildman–Crippen MR) is 62.7 cm³/mol. The zero-order valence-electron chi connectivity index (χ0n) is 10.0. The molecular weight excluding hydrogens is 188 g/mol. The Bertz CT molecular complexity index is 186. The van der Waals surface area contributed by atoms with E-state index in [0.29, 0.717) is 18.5 Å². The number of amides is 1. The van der Waals surface area contributed by atoms with E-state index in [-0.39, 0.29) is 5.91 Å². The van der Waals surface area contributed by atoms with Crippen LogP contribution >= 0.6 is 0 Å². The maximum atomic E-state index is 11.4. The third-order valence-corrected chi connectivity index (χ3v) is 2.95. The van der Waals surface area contributed by atoms with Gasteiger partial charge in [0.05, 0.1) is 6.54 Å². The highest BCUT2D eigenvalue weighted by molar-refractivity contribution is 5.77. The monoisotopic (exact) mass is 212 g/mol. The van der Waals surface area contributed by atoms with Crippen LogP contribution in [0.5, 0.6) is 0 Å². The molecule has 1 rings (SSSR count). The molecule has 0 unspecified atom stereocenters. The van der Waals surface area contributed by atoms with E-state index in [1.165, 1.54) is 25.7 Å². The van der Waals surface area contributed by atoms with Crippen LogP contribution in [-0.4, -0.2) is 25.0 Å². The van der Waals surface area contributed by atoms with E-state index in [1.807, 2.05) is 0 Å². The topological polar surface area (TPSA) is 41.1 Å².